The van der Waals surface area contributed by atoms with Crippen molar-refractivity contribution in [2.75, 3.05) is 0 Å². The molecule has 0 fully saturated rings. The third kappa shape index (κ3) is 4.32. The van der Waals surface area contributed by atoms with E-state index in [4.69, 9.17) is 11.6 Å². The molecule has 1 atom stereocenters. The zero-order valence-electron chi connectivity index (χ0n) is 10.3. The number of halogens is 2. The highest BCUT2D eigenvalue weighted by atomic mass is 79.9. The van der Waals surface area contributed by atoms with Crippen LogP contribution in [0.4, 0.5) is 0 Å². The van der Waals surface area contributed by atoms with E-state index in [0.29, 0.717) is 11.4 Å². The zero-order chi connectivity index (χ0) is 13.1. The molecule has 0 aliphatic rings. The van der Waals surface area contributed by atoms with Crippen LogP contribution in [-0.4, -0.2) is 16.3 Å². The first-order chi connectivity index (χ1) is 7.83. The molecule has 0 saturated carbocycles. The van der Waals surface area contributed by atoms with Gasteiger partial charge in [0.1, 0.15) is 0 Å². The highest BCUT2D eigenvalue weighted by Gasteiger charge is 2.25. The van der Waals surface area contributed by atoms with Gasteiger partial charge < -0.3 is 5.32 Å². The Hall–Kier alpha value is -0.540. The van der Waals surface area contributed by atoms with Crippen LogP contribution in [0.3, 0.4) is 0 Å². The molecule has 0 saturated heterocycles. The summed E-state index contributed by atoms with van der Waals surface area (Å²) in [5.41, 5.74) is 0.572. The zero-order valence-corrected chi connectivity index (χ0v) is 12.6. The Morgan fingerprint density at radius 1 is 1.47 bits per heavy atom. The molecule has 0 bridgehead atoms. The summed E-state index contributed by atoms with van der Waals surface area (Å²) in [5, 5.41) is 3.62. The molecule has 0 aromatic heterocycles. The molecule has 4 heteroatoms. The van der Waals surface area contributed by atoms with Gasteiger partial charge in [0.25, 0.3) is 0 Å². The quantitative estimate of drug-likeness (QED) is 0.845. The molecule has 0 spiro atoms. The van der Waals surface area contributed by atoms with Crippen molar-refractivity contribution in [3.05, 3.63) is 34.9 Å². The summed E-state index contributed by atoms with van der Waals surface area (Å²) >= 11 is 9.50. The van der Waals surface area contributed by atoms with Crippen LogP contribution in [0.15, 0.2) is 24.3 Å². The summed E-state index contributed by atoms with van der Waals surface area (Å²) in [6.45, 7) is 5.98. The van der Waals surface area contributed by atoms with Crippen molar-refractivity contribution in [1.82, 2.24) is 5.32 Å². The van der Waals surface area contributed by atoms with Crippen molar-refractivity contribution in [2.24, 2.45) is 0 Å². The van der Waals surface area contributed by atoms with Crippen LogP contribution in [0.2, 0.25) is 5.02 Å². The molecule has 1 rings (SSSR count). The number of alkyl halides is 1. The van der Waals surface area contributed by atoms with E-state index in [9.17, 15) is 4.79 Å². The first-order valence-electron chi connectivity index (χ1n) is 5.51. The smallest absolute Gasteiger partial charge is 0.224 e. The maximum Gasteiger partial charge on any atom is 0.224 e. The molecule has 94 valence electrons. The van der Waals surface area contributed by atoms with Crippen molar-refractivity contribution in [3.8, 4) is 0 Å². The third-order valence-corrected chi connectivity index (χ3v) is 4.28. The van der Waals surface area contributed by atoms with Crippen LogP contribution in [0.1, 0.15) is 26.3 Å². The monoisotopic (exact) mass is 317 g/mol. The van der Waals surface area contributed by atoms with Gasteiger partial charge in [-0.3, -0.25) is 4.79 Å². The average molecular weight is 319 g/mol. The average Bonchev–Trinajstić information content (AvgIpc) is 2.20. The summed E-state index contributed by atoms with van der Waals surface area (Å²) in [6.07, 6.45) is 0.308. The topological polar surface area (TPSA) is 29.1 Å². The molecule has 1 N–H and O–H groups in total. The lowest BCUT2D eigenvalue weighted by molar-refractivity contribution is -0.121. The van der Waals surface area contributed by atoms with E-state index in [1.165, 1.54) is 0 Å². The molecule has 1 unspecified atom stereocenters. The lowest BCUT2D eigenvalue weighted by atomic mass is 10.0. The van der Waals surface area contributed by atoms with Gasteiger partial charge in [-0.2, -0.15) is 0 Å². The minimum atomic E-state index is -0.279. The summed E-state index contributed by atoms with van der Waals surface area (Å²) < 4.78 is 0. The molecule has 1 aromatic rings. The summed E-state index contributed by atoms with van der Waals surface area (Å²) in [5.74, 6) is -0.0191. The van der Waals surface area contributed by atoms with Crippen molar-refractivity contribution in [3.63, 3.8) is 0 Å². The SMILES string of the molecule is CC(Br)C(C)(C)NC(=O)Cc1ccccc1Cl. The van der Waals surface area contributed by atoms with Crippen LogP contribution >= 0.6 is 27.5 Å². The van der Waals surface area contributed by atoms with E-state index in [1.54, 1.807) is 6.07 Å². The molecular formula is C13H17BrClNO. The largest absolute Gasteiger partial charge is 0.350 e. The number of benzene rings is 1. The number of rotatable bonds is 4. The van der Waals surface area contributed by atoms with Gasteiger partial charge in [-0.1, -0.05) is 52.7 Å². The maximum atomic E-state index is 11.9. The number of amides is 1. The third-order valence-electron chi connectivity index (χ3n) is 2.76. The van der Waals surface area contributed by atoms with E-state index in [-0.39, 0.29) is 16.3 Å². The predicted octanol–water partition coefficient (Wildman–Crippen LogP) is 3.56. The van der Waals surface area contributed by atoms with E-state index in [2.05, 4.69) is 21.2 Å². The predicted molar refractivity (Wildman–Crippen MR) is 75.8 cm³/mol. The van der Waals surface area contributed by atoms with Crippen LogP contribution in [0, 0.1) is 0 Å². The van der Waals surface area contributed by atoms with Gasteiger partial charge in [-0.05, 0) is 25.5 Å². The first kappa shape index (κ1) is 14.5. The number of nitrogens with one attached hydrogen (secondary N) is 1. The van der Waals surface area contributed by atoms with E-state index in [0.717, 1.165) is 5.56 Å². The van der Waals surface area contributed by atoms with Crippen LogP contribution in [-0.2, 0) is 11.2 Å². The molecule has 1 amide bonds. The van der Waals surface area contributed by atoms with Crippen LogP contribution in [0.25, 0.3) is 0 Å². The van der Waals surface area contributed by atoms with Gasteiger partial charge in [0.2, 0.25) is 5.91 Å². The second kappa shape index (κ2) is 5.87. The lowest BCUT2D eigenvalue weighted by Gasteiger charge is -2.29. The van der Waals surface area contributed by atoms with Gasteiger partial charge in [-0.15, -0.1) is 0 Å². The van der Waals surface area contributed by atoms with Crippen molar-refractivity contribution in [2.45, 2.75) is 37.6 Å². The van der Waals surface area contributed by atoms with Gasteiger partial charge in [0, 0.05) is 15.4 Å². The fraction of sp³-hybridized carbons (Fsp3) is 0.462. The fourth-order valence-corrected chi connectivity index (χ4v) is 1.63. The number of carbonyl (C=O) groups is 1. The van der Waals surface area contributed by atoms with E-state index < -0.39 is 0 Å². The van der Waals surface area contributed by atoms with Gasteiger partial charge in [0.05, 0.1) is 6.42 Å². The van der Waals surface area contributed by atoms with Gasteiger partial charge in [-0.25, -0.2) is 0 Å². The van der Waals surface area contributed by atoms with Crippen molar-refractivity contribution in [1.29, 1.82) is 0 Å². The summed E-state index contributed by atoms with van der Waals surface area (Å²) in [4.78, 5) is 12.1. The molecule has 0 aliphatic heterocycles. The van der Waals surface area contributed by atoms with Gasteiger partial charge >= 0.3 is 0 Å². The van der Waals surface area contributed by atoms with Crippen LogP contribution in [0.5, 0.6) is 0 Å². The highest BCUT2D eigenvalue weighted by molar-refractivity contribution is 9.09. The minimum absolute atomic E-state index is 0.0191. The molecule has 0 heterocycles. The maximum absolute atomic E-state index is 11.9. The Morgan fingerprint density at radius 2 is 2.06 bits per heavy atom. The standard InChI is InChI=1S/C13H17BrClNO/c1-9(14)13(2,3)16-12(17)8-10-6-4-5-7-11(10)15/h4-7,9H,8H2,1-3H3,(H,16,17). The molecule has 2 nitrogen and oxygen atoms in total. The van der Waals surface area contributed by atoms with Crippen LogP contribution < -0.4 is 5.32 Å². The van der Waals surface area contributed by atoms with E-state index in [1.807, 2.05) is 39.0 Å². The number of hydrogen-bond donors (Lipinski definition) is 1. The normalized spacial score (nSPS) is 13.2. The molecule has 17 heavy (non-hydrogen) atoms. The Kier molecular flexibility index (Phi) is 5.02. The van der Waals surface area contributed by atoms with Gasteiger partial charge in [0.15, 0.2) is 0 Å². The highest BCUT2D eigenvalue weighted by Crippen LogP contribution is 2.18. The second-order valence-corrected chi connectivity index (χ2v) is 6.43. The fourth-order valence-electron chi connectivity index (χ4n) is 1.32. The summed E-state index contributed by atoms with van der Waals surface area (Å²) in [6, 6.07) is 7.40. The molecule has 0 radical (unpaired) electrons. The first-order valence-corrected chi connectivity index (χ1v) is 6.81. The number of hydrogen-bond acceptors (Lipinski definition) is 1. The Labute approximate surface area is 116 Å². The summed E-state index contributed by atoms with van der Waals surface area (Å²) in [7, 11) is 0. The number of carbonyl (C=O) groups excluding carboxylic acids is 1. The molecule has 1 aromatic carbocycles. The second-order valence-electron chi connectivity index (χ2n) is 4.65. The van der Waals surface area contributed by atoms with E-state index >= 15 is 0 Å². The Bertz CT molecular complexity index is 404. The minimum Gasteiger partial charge on any atom is -0.350 e. The Balaban J connectivity index is 2.66. The molecular weight excluding hydrogens is 302 g/mol. The van der Waals surface area contributed by atoms with Crippen molar-refractivity contribution < 1.29 is 4.79 Å². The lowest BCUT2D eigenvalue weighted by Crippen LogP contribution is -2.49. The van der Waals surface area contributed by atoms with Crippen molar-refractivity contribution >= 4 is 33.4 Å². The molecule has 0 aliphatic carbocycles. The Morgan fingerprint density at radius 3 is 2.59 bits per heavy atom.